The molecule has 0 saturated carbocycles. The van der Waals surface area contributed by atoms with Gasteiger partial charge in [0.25, 0.3) is 0 Å². The Morgan fingerprint density at radius 1 is 1.15 bits per heavy atom. The van der Waals surface area contributed by atoms with Crippen molar-refractivity contribution in [2.24, 2.45) is 5.41 Å². The second-order valence-corrected chi connectivity index (χ2v) is 6.25. The molecule has 0 atom stereocenters. The molecule has 20 heavy (non-hydrogen) atoms. The molecule has 0 N–H and O–H groups in total. The fourth-order valence-electron chi connectivity index (χ4n) is 2.26. The maximum atomic E-state index is 11.9. The highest BCUT2D eigenvalue weighted by Gasteiger charge is 2.27. The molecule has 0 radical (unpaired) electrons. The SMILES string of the molecule is CC1(C)COC(CCCCC(=O)c2ccccc2)OC1. The smallest absolute Gasteiger partial charge is 0.162 e. The summed E-state index contributed by atoms with van der Waals surface area (Å²) in [7, 11) is 0. The van der Waals surface area contributed by atoms with Gasteiger partial charge in [0.05, 0.1) is 13.2 Å². The third-order valence-electron chi connectivity index (χ3n) is 3.51. The van der Waals surface area contributed by atoms with Crippen molar-refractivity contribution in [3.63, 3.8) is 0 Å². The Morgan fingerprint density at radius 3 is 2.45 bits per heavy atom. The molecule has 0 aliphatic carbocycles. The zero-order valence-electron chi connectivity index (χ0n) is 12.4. The van der Waals surface area contributed by atoms with Crippen LogP contribution in [0.5, 0.6) is 0 Å². The maximum absolute atomic E-state index is 11.9. The van der Waals surface area contributed by atoms with E-state index in [4.69, 9.17) is 9.47 Å². The highest BCUT2D eigenvalue weighted by atomic mass is 16.7. The van der Waals surface area contributed by atoms with E-state index in [-0.39, 0.29) is 17.5 Å². The zero-order chi connectivity index (χ0) is 14.4. The summed E-state index contributed by atoms with van der Waals surface area (Å²) in [5.74, 6) is 0.220. The van der Waals surface area contributed by atoms with E-state index in [1.165, 1.54) is 0 Å². The van der Waals surface area contributed by atoms with Gasteiger partial charge in [-0.2, -0.15) is 0 Å². The van der Waals surface area contributed by atoms with Gasteiger partial charge >= 0.3 is 0 Å². The van der Waals surface area contributed by atoms with Crippen molar-refractivity contribution in [1.82, 2.24) is 0 Å². The third-order valence-corrected chi connectivity index (χ3v) is 3.51. The van der Waals surface area contributed by atoms with E-state index in [1.54, 1.807) is 0 Å². The van der Waals surface area contributed by atoms with E-state index in [0.717, 1.165) is 38.0 Å². The van der Waals surface area contributed by atoms with Crippen LogP contribution in [0.15, 0.2) is 30.3 Å². The molecule has 3 heteroatoms. The summed E-state index contributed by atoms with van der Waals surface area (Å²) in [6, 6.07) is 9.48. The number of unbranched alkanes of at least 4 members (excludes halogenated alkanes) is 1. The summed E-state index contributed by atoms with van der Waals surface area (Å²) in [4.78, 5) is 11.9. The minimum Gasteiger partial charge on any atom is -0.352 e. The lowest BCUT2D eigenvalue weighted by atomic mass is 9.95. The lowest BCUT2D eigenvalue weighted by Crippen LogP contribution is -2.37. The van der Waals surface area contributed by atoms with Crippen molar-refractivity contribution in [1.29, 1.82) is 0 Å². The Balaban J connectivity index is 1.61. The van der Waals surface area contributed by atoms with Crippen LogP contribution >= 0.6 is 0 Å². The topological polar surface area (TPSA) is 35.5 Å². The van der Waals surface area contributed by atoms with E-state index in [1.807, 2.05) is 30.3 Å². The average Bonchev–Trinajstić information content (AvgIpc) is 2.46. The molecule has 1 aliphatic rings. The van der Waals surface area contributed by atoms with E-state index in [0.29, 0.717) is 6.42 Å². The van der Waals surface area contributed by atoms with Gasteiger partial charge in [-0.15, -0.1) is 0 Å². The van der Waals surface area contributed by atoms with Crippen LogP contribution in [-0.4, -0.2) is 25.3 Å². The molecule has 0 bridgehead atoms. The van der Waals surface area contributed by atoms with Crippen LogP contribution < -0.4 is 0 Å². The maximum Gasteiger partial charge on any atom is 0.162 e. The molecule has 3 nitrogen and oxygen atoms in total. The predicted molar refractivity (Wildman–Crippen MR) is 78.7 cm³/mol. The Hall–Kier alpha value is -1.19. The van der Waals surface area contributed by atoms with Crippen molar-refractivity contribution in [2.45, 2.75) is 45.8 Å². The standard InChI is InChI=1S/C17H24O3/c1-17(2)12-19-16(20-13-17)11-7-6-10-15(18)14-8-4-3-5-9-14/h3-5,8-9,16H,6-7,10-13H2,1-2H3. The van der Waals surface area contributed by atoms with Crippen molar-refractivity contribution in [3.05, 3.63) is 35.9 Å². The first kappa shape index (κ1) is 15.2. The van der Waals surface area contributed by atoms with Gasteiger partial charge in [-0.3, -0.25) is 4.79 Å². The van der Waals surface area contributed by atoms with Crippen LogP contribution in [-0.2, 0) is 9.47 Å². The minimum absolute atomic E-state index is 0.0881. The van der Waals surface area contributed by atoms with Gasteiger partial charge in [0.15, 0.2) is 12.1 Å². The summed E-state index contributed by atoms with van der Waals surface area (Å²) < 4.78 is 11.4. The van der Waals surface area contributed by atoms with Gasteiger partial charge in [-0.05, 0) is 19.3 Å². The van der Waals surface area contributed by atoms with E-state index >= 15 is 0 Å². The Kier molecular flexibility index (Phi) is 5.32. The molecule has 1 aromatic carbocycles. The highest BCUT2D eigenvalue weighted by Crippen LogP contribution is 2.25. The first-order chi connectivity index (χ1) is 9.57. The van der Waals surface area contributed by atoms with Crippen LogP contribution in [0.3, 0.4) is 0 Å². The van der Waals surface area contributed by atoms with Crippen molar-refractivity contribution in [3.8, 4) is 0 Å². The number of hydrogen-bond acceptors (Lipinski definition) is 3. The third kappa shape index (κ3) is 4.73. The summed E-state index contributed by atoms with van der Waals surface area (Å²) in [6.07, 6.45) is 3.24. The van der Waals surface area contributed by atoms with Crippen molar-refractivity contribution < 1.29 is 14.3 Å². The number of rotatable bonds is 6. The van der Waals surface area contributed by atoms with Crippen LogP contribution in [0.2, 0.25) is 0 Å². The number of ketones is 1. The molecule has 110 valence electrons. The van der Waals surface area contributed by atoms with E-state index < -0.39 is 0 Å². The van der Waals surface area contributed by atoms with Crippen molar-refractivity contribution >= 4 is 5.78 Å². The first-order valence-corrected chi connectivity index (χ1v) is 7.38. The largest absolute Gasteiger partial charge is 0.352 e. The van der Waals surface area contributed by atoms with Crippen LogP contribution in [0.25, 0.3) is 0 Å². The Labute approximate surface area is 121 Å². The highest BCUT2D eigenvalue weighted by molar-refractivity contribution is 5.95. The average molecular weight is 276 g/mol. The number of benzene rings is 1. The fourth-order valence-corrected chi connectivity index (χ4v) is 2.26. The normalized spacial score (nSPS) is 18.9. The minimum atomic E-state index is -0.0881. The van der Waals surface area contributed by atoms with Crippen LogP contribution in [0.1, 0.15) is 49.9 Å². The van der Waals surface area contributed by atoms with Crippen LogP contribution in [0.4, 0.5) is 0 Å². The second kappa shape index (κ2) is 7.00. The van der Waals surface area contributed by atoms with Gasteiger partial charge in [-0.1, -0.05) is 44.2 Å². The van der Waals surface area contributed by atoms with E-state index in [9.17, 15) is 4.79 Å². The zero-order valence-corrected chi connectivity index (χ0v) is 12.4. The molecule has 1 saturated heterocycles. The Bertz CT molecular complexity index is 415. The molecule has 1 aromatic rings. The van der Waals surface area contributed by atoms with Gasteiger partial charge < -0.3 is 9.47 Å². The molecule has 0 aromatic heterocycles. The quantitative estimate of drug-likeness (QED) is 0.585. The molecule has 2 rings (SSSR count). The number of hydrogen-bond donors (Lipinski definition) is 0. The molecule has 1 fully saturated rings. The Morgan fingerprint density at radius 2 is 1.80 bits per heavy atom. The molecular formula is C17H24O3. The van der Waals surface area contributed by atoms with Crippen molar-refractivity contribution in [2.75, 3.05) is 13.2 Å². The molecule has 0 amide bonds. The summed E-state index contributed by atoms with van der Waals surface area (Å²) in [5, 5.41) is 0. The van der Waals surface area contributed by atoms with Gasteiger partial charge in [0, 0.05) is 17.4 Å². The molecular weight excluding hydrogens is 252 g/mol. The van der Waals surface area contributed by atoms with E-state index in [2.05, 4.69) is 13.8 Å². The summed E-state index contributed by atoms with van der Waals surface area (Å²) >= 11 is 0. The van der Waals surface area contributed by atoms with Crippen LogP contribution in [0, 0.1) is 5.41 Å². The summed E-state index contributed by atoms with van der Waals surface area (Å²) in [5.41, 5.74) is 0.930. The van der Waals surface area contributed by atoms with Gasteiger partial charge in [-0.25, -0.2) is 0 Å². The number of carbonyl (C=O) groups is 1. The molecule has 0 spiro atoms. The lowest BCUT2D eigenvalue weighted by Gasteiger charge is -2.34. The number of carbonyl (C=O) groups excluding carboxylic acids is 1. The monoisotopic (exact) mass is 276 g/mol. The summed E-state index contributed by atoms with van der Waals surface area (Å²) in [6.45, 7) is 5.78. The van der Waals surface area contributed by atoms with Gasteiger partial charge in [0.1, 0.15) is 0 Å². The molecule has 1 aliphatic heterocycles. The second-order valence-electron chi connectivity index (χ2n) is 6.25. The molecule has 1 heterocycles. The number of ether oxygens (including phenoxy) is 2. The van der Waals surface area contributed by atoms with Gasteiger partial charge in [0.2, 0.25) is 0 Å². The first-order valence-electron chi connectivity index (χ1n) is 7.38. The predicted octanol–water partition coefficient (Wildman–Crippen LogP) is 3.83. The lowest BCUT2D eigenvalue weighted by molar-refractivity contribution is -0.224. The molecule has 0 unspecified atom stereocenters. The number of Topliss-reactive ketones (excluding diaryl/α,β-unsaturated/α-hetero) is 1. The fraction of sp³-hybridized carbons (Fsp3) is 0.588.